The summed E-state index contributed by atoms with van der Waals surface area (Å²) in [7, 11) is 2.01. The Kier molecular flexibility index (Phi) is 7.20. The lowest BCUT2D eigenvalue weighted by molar-refractivity contribution is 0.0149. The first-order valence-corrected chi connectivity index (χ1v) is 5.81. The molecule has 0 bridgehead atoms. The molecule has 2 nitrogen and oxygen atoms in total. The van der Waals surface area contributed by atoms with Gasteiger partial charge in [0, 0.05) is 6.04 Å². The van der Waals surface area contributed by atoms with Crippen molar-refractivity contribution in [1.82, 2.24) is 5.32 Å². The molecule has 1 N–H and O–H groups in total. The molecule has 0 aliphatic heterocycles. The second-order valence-corrected chi connectivity index (χ2v) is 4.56. The van der Waals surface area contributed by atoms with Gasteiger partial charge < -0.3 is 10.1 Å². The van der Waals surface area contributed by atoms with Crippen LogP contribution in [0.3, 0.4) is 0 Å². The van der Waals surface area contributed by atoms with E-state index in [1.54, 1.807) is 0 Å². The molecule has 0 rings (SSSR count). The maximum Gasteiger partial charge on any atom is 0.0625 e. The molecule has 3 unspecified atom stereocenters. The summed E-state index contributed by atoms with van der Waals surface area (Å²) in [6.45, 7) is 11.9. The van der Waals surface area contributed by atoms with Crippen LogP contribution in [-0.4, -0.2) is 25.8 Å². The fraction of sp³-hybridized carbons (Fsp3) is 1.00. The summed E-state index contributed by atoms with van der Waals surface area (Å²) < 4.78 is 5.82. The van der Waals surface area contributed by atoms with Crippen LogP contribution in [0.25, 0.3) is 0 Å². The highest BCUT2D eigenvalue weighted by Gasteiger charge is 2.16. The maximum absolute atomic E-state index is 5.82. The zero-order chi connectivity index (χ0) is 11.1. The van der Waals surface area contributed by atoms with E-state index in [-0.39, 0.29) is 0 Å². The molecule has 86 valence electrons. The van der Waals surface area contributed by atoms with Crippen molar-refractivity contribution in [2.45, 2.75) is 53.2 Å². The third kappa shape index (κ3) is 4.97. The van der Waals surface area contributed by atoms with Crippen LogP contribution in [0.2, 0.25) is 0 Å². The van der Waals surface area contributed by atoms with E-state index in [0.29, 0.717) is 24.0 Å². The summed E-state index contributed by atoms with van der Waals surface area (Å²) in [6, 6.07) is 0.487. The van der Waals surface area contributed by atoms with Crippen LogP contribution in [0.5, 0.6) is 0 Å². The standard InChI is InChI=1S/C12H27NO/c1-7-10(4)12(13-6)8-14-11(5)9(2)3/h9-13H,7-8H2,1-6H3. The summed E-state index contributed by atoms with van der Waals surface area (Å²) in [6.07, 6.45) is 1.56. The first-order chi connectivity index (χ1) is 6.52. The van der Waals surface area contributed by atoms with Gasteiger partial charge in [-0.05, 0) is 25.8 Å². The van der Waals surface area contributed by atoms with E-state index in [4.69, 9.17) is 4.74 Å². The average Bonchev–Trinajstić information content (AvgIpc) is 2.17. The normalized spacial score (nSPS) is 18.2. The average molecular weight is 201 g/mol. The Morgan fingerprint density at radius 3 is 2.07 bits per heavy atom. The van der Waals surface area contributed by atoms with Crippen LogP contribution in [0.4, 0.5) is 0 Å². The fourth-order valence-electron chi connectivity index (χ4n) is 1.26. The van der Waals surface area contributed by atoms with Gasteiger partial charge in [-0.2, -0.15) is 0 Å². The molecule has 0 heterocycles. The summed E-state index contributed by atoms with van der Waals surface area (Å²) in [5.41, 5.74) is 0. The highest BCUT2D eigenvalue weighted by Crippen LogP contribution is 2.11. The van der Waals surface area contributed by atoms with Crippen molar-refractivity contribution in [3.63, 3.8) is 0 Å². The van der Waals surface area contributed by atoms with Gasteiger partial charge in [-0.1, -0.05) is 34.1 Å². The molecule has 14 heavy (non-hydrogen) atoms. The maximum atomic E-state index is 5.82. The molecule has 3 atom stereocenters. The Morgan fingerprint density at radius 2 is 1.71 bits per heavy atom. The van der Waals surface area contributed by atoms with Crippen LogP contribution in [-0.2, 0) is 4.74 Å². The molecule has 0 saturated heterocycles. The minimum atomic E-state index is 0.356. The first-order valence-electron chi connectivity index (χ1n) is 5.81. The Hall–Kier alpha value is -0.0800. The second-order valence-electron chi connectivity index (χ2n) is 4.56. The monoisotopic (exact) mass is 201 g/mol. The molecule has 0 aliphatic carbocycles. The van der Waals surface area contributed by atoms with Gasteiger partial charge in [0.2, 0.25) is 0 Å². The van der Waals surface area contributed by atoms with Crippen molar-refractivity contribution < 1.29 is 4.74 Å². The van der Waals surface area contributed by atoms with Crippen LogP contribution in [0.15, 0.2) is 0 Å². The van der Waals surface area contributed by atoms with E-state index >= 15 is 0 Å². The molecule has 0 amide bonds. The van der Waals surface area contributed by atoms with E-state index in [9.17, 15) is 0 Å². The summed E-state index contributed by atoms with van der Waals surface area (Å²) in [4.78, 5) is 0. The number of likely N-dealkylation sites (N-methyl/N-ethyl adjacent to an activating group) is 1. The Labute approximate surface area is 89.4 Å². The zero-order valence-corrected chi connectivity index (χ0v) is 10.6. The van der Waals surface area contributed by atoms with E-state index in [0.717, 1.165) is 6.61 Å². The van der Waals surface area contributed by atoms with Crippen molar-refractivity contribution in [1.29, 1.82) is 0 Å². The second kappa shape index (κ2) is 7.24. The van der Waals surface area contributed by atoms with Crippen LogP contribution < -0.4 is 5.32 Å². The highest BCUT2D eigenvalue weighted by molar-refractivity contribution is 4.71. The number of hydrogen-bond acceptors (Lipinski definition) is 2. The lowest BCUT2D eigenvalue weighted by atomic mass is 10.00. The largest absolute Gasteiger partial charge is 0.377 e. The van der Waals surface area contributed by atoms with Crippen molar-refractivity contribution in [2.75, 3.05) is 13.7 Å². The molecule has 0 saturated carbocycles. The zero-order valence-electron chi connectivity index (χ0n) is 10.6. The van der Waals surface area contributed by atoms with Gasteiger partial charge >= 0.3 is 0 Å². The highest BCUT2D eigenvalue weighted by atomic mass is 16.5. The SMILES string of the molecule is CCC(C)C(COC(C)C(C)C)NC. The van der Waals surface area contributed by atoms with Gasteiger partial charge in [0.05, 0.1) is 12.7 Å². The van der Waals surface area contributed by atoms with Crippen LogP contribution >= 0.6 is 0 Å². The molecule has 0 radical (unpaired) electrons. The quantitative estimate of drug-likeness (QED) is 0.684. The molecule has 0 aromatic heterocycles. The molecule has 0 spiro atoms. The molecule has 0 aromatic rings. The fourth-order valence-corrected chi connectivity index (χ4v) is 1.26. The molecular formula is C12H27NO. The van der Waals surface area contributed by atoms with E-state index in [1.807, 2.05) is 7.05 Å². The Bertz CT molecular complexity index is 136. The summed E-state index contributed by atoms with van der Waals surface area (Å²) in [5.74, 6) is 1.28. The number of hydrogen-bond donors (Lipinski definition) is 1. The number of rotatable bonds is 7. The van der Waals surface area contributed by atoms with Gasteiger partial charge in [0.25, 0.3) is 0 Å². The minimum Gasteiger partial charge on any atom is -0.377 e. The first kappa shape index (κ1) is 13.9. The van der Waals surface area contributed by atoms with Gasteiger partial charge in [0.1, 0.15) is 0 Å². The number of ether oxygens (including phenoxy) is 1. The third-order valence-electron chi connectivity index (χ3n) is 3.18. The smallest absolute Gasteiger partial charge is 0.0625 e. The Balaban J connectivity index is 3.83. The van der Waals surface area contributed by atoms with Gasteiger partial charge in [-0.3, -0.25) is 0 Å². The van der Waals surface area contributed by atoms with E-state index in [2.05, 4.69) is 39.9 Å². The van der Waals surface area contributed by atoms with E-state index < -0.39 is 0 Å². The molecular weight excluding hydrogens is 174 g/mol. The van der Waals surface area contributed by atoms with Crippen molar-refractivity contribution in [2.24, 2.45) is 11.8 Å². The summed E-state index contributed by atoms with van der Waals surface area (Å²) >= 11 is 0. The predicted octanol–water partition coefficient (Wildman–Crippen LogP) is 2.68. The predicted molar refractivity (Wildman–Crippen MR) is 62.6 cm³/mol. The van der Waals surface area contributed by atoms with Crippen molar-refractivity contribution >= 4 is 0 Å². The lowest BCUT2D eigenvalue weighted by Gasteiger charge is -2.25. The van der Waals surface area contributed by atoms with Crippen molar-refractivity contribution in [3.05, 3.63) is 0 Å². The molecule has 0 fully saturated rings. The summed E-state index contributed by atoms with van der Waals surface area (Å²) in [5, 5.41) is 3.32. The molecule has 2 heteroatoms. The molecule has 0 aromatic carbocycles. The topological polar surface area (TPSA) is 21.3 Å². The third-order valence-corrected chi connectivity index (χ3v) is 3.18. The lowest BCUT2D eigenvalue weighted by Crippen LogP contribution is -2.37. The van der Waals surface area contributed by atoms with Crippen LogP contribution in [0.1, 0.15) is 41.0 Å². The van der Waals surface area contributed by atoms with Gasteiger partial charge in [0.15, 0.2) is 0 Å². The van der Waals surface area contributed by atoms with Gasteiger partial charge in [-0.15, -0.1) is 0 Å². The van der Waals surface area contributed by atoms with Crippen molar-refractivity contribution in [3.8, 4) is 0 Å². The van der Waals surface area contributed by atoms with Gasteiger partial charge in [-0.25, -0.2) is 0 Å². The molecule has 0 aliphatic rings. The number of nitrogens with one attached hydrogen (secondary N) is 1. The van der Waals surface area contributed by atoms with E-state index in [1.165, 1.54) is 6.42 Å². The minimum absolute atomic E-state index is 0.356. The Morgan fingerprint density at radius 1 is 1.14 bits per heavy atom. The van der Waals surface area contributed by atoms with Crippen LogP contribution in [0, 0.1) is 11.8 Å².